The molecule has 1 fully saturated rings. The Kier molecular flexibility index (Phi) is 6.21. The number of piperazine rings is 1. The zero-order valence-electron chi connectivity index (χ0n) is 19.3. The average Bonchev–Trinajstić information content (AvgIpc) is 3.18. The first-order chi connectivity index (χ1) is 16.0. The molecule has 3 heterocycles. The predicted octanol–water partition coefficient (Wildman–Crippen LogP) is 3.20. The summed E-state index contributed by atoms with van der Waals surface area (Å²) in [6, 6.07) is 5.98. The summed E-state index contributed by atoms with van der Waals surface area (Å²) in [6.45, 7) is 7.42. The third kappa shape index (κ3) is 4.54. The van der Waals surface area contributed by atoms with Gasteiger partial charge >= 0.3 is 0 Å². The summed E-state index contributed by atoms with van der Waals surface area (Å²) < 4.78 is 5.84. The van der Waals surface area contributed by atoms with Gasteiger partial charge in [0.05, 0.1) is 11.9 Å². The molecule has 1 aliphatic heterocycles. The van der Waals surface area contributed by atoms with Crippen molar-refractivity contribution >= 4 is 27.5 Å². The SMILES string of the molecule is Cc1cccc(C)c1OCC(=O)N1CCN(Cc2nc3sc4c(c3c(=O)[nH]2)CCCC4)CC1. The van der Waals surface area contributed by atoms with Gasteiger partial charge in [0.1, 0.15) is 16.4 Å². The Morgan fingerprint density at radius 3 is 2.61 bits per heavy atom. The lowest BCUT2D eigenvalue weighted by Gasteiger charge is -2.34. The molecule has 0 saturated carbocycles. The van der Waals surface area contributed by atoms with Crippen LogP contribution in [-0.2, 0) is 24.2 Å². The van der Waals surface area contributed by atoms with E-state index in [2.05, 4.69) is 9.88 Å². The summed E-state index contributed by atoms with van der Waals surface area (Å²) in [5.74, 6) is 1.52. The van der Waals surface area contributed by atoms with Crippen LogP contribution < -0.4 is 10.3 Å². The molecule has 3 aromatic rings. The van der Waals surface area contributed by atoms with Crippen LogP contribution in [0.2, 0.25) is 0 Å². The molecule has 0 radical (unpaired) electrons. The molecule has 8 heteroatoms. The van der Waals surface area contributed by atoms with Gasteiger partial charge in [-0.3, -0.25) is 14.5 Å². The van der Waals surface area contributed by atoms with Crippen LogP contribution in [0.3, 0.4) is 0 Å². The Balaban J connectivity index is 1.18. The highest BCUT2D eigenvalue weighted by molar-refractivity contribution is 7.18. The smallest absolute Gasteiger partial charge is 0.260 e. The van der Waals surface area contributed by atoms with Crippen LogP contribution in [0.4, 0.5) is 0 Å². The van der Waals surface area contributed by atoms with Crippen LogP contribution in [0, 0.1) is 13.8 Å². The van der Waals surface area contributed by atoms with Crippen molar-refractivity contribution in [2.24, 2.45) is 0 Å². The summed E-state index contributed by atoms with van der Waals surface area (Å²) in [7, 11) is 0. The maximum atomic E-state index is 12.8. The van der Waals surface area contributed by atoms with Crippen molar-refractivity contribution < 1.29 is 9.53 Å². The number of aryl methyl sites for hydroxylation is 4. The number of benzene rings is 1. The maximum absolute atomic E-state index is 12.8. The summed E-state index contributed by atoms with van der Waals surface area (Å²) in [6.07, 6.45) is 4.40. The first-order valence-electron chi connectivity index (χ1n) is 11.7. The first kappa shape index (κ1) is 22.1. The standard InChI is InChI=1S/C25H30N4O3S/c1-16-6-5-7-17(2)23(16)32-15-21(30)29-12-10-28(11-13-29)14-20-26-24(31)22-18-8-3-4-9-19(18)33-25(22)27-20/h5-7H,3-4,8-15H2,1-2H3,(H,26,27,31). The molecule has 0 spiro atoms. The van der Waals surface area contributed by atoms with Crippen molar-refractivity contribution in [1.82, 2.24) is 19.8 Å². The summed E-state index contributed by atoms with van der Waals surface area (Å²) in [5.41, 5.74) is 3.29. The van der Waals surface area contributed by atoms with Crippen LogP contribution in [0.5, 0.6) is 5.75 Å². The molecule has 33 heavy (non-hydrogen) atoms. The van der Waals surface area contributed by atoms with Crippen molar-refractivity contribution in [3.05, 3.63) is 55.9 Å². The molecule has 1 aliphatic carbocycles. The van der Waals surface area contributed by atoms with Gasteiger partial charge in [-0.05, 0) is 56.2 Å². The number of carbonyl (C=O) groups is 1. The number of thiophene rings is 1. The number of amides is 1. The number of aromatic nitrogens is 2. The van der Waals surface area contributed by atoms with E-state index in [-0.39, 0.29) is 18.1 Å². The van der Waals surface area contributed by atoms with E-state index in [9.17, 15) is 9.59 Å². The van der Waals surface area contributed by atoms with E-state index >= 15 is 0 Å². The highest BCUT2D eigenvalue weighted by Crippen LogP contribution is 2.33. The number of aromatic amines is 1. The van der Waals surface area contributed by atoms with E-state index in [1.54, 1.807) is 11.3 Å². The molecule has 0 bridgehead atoms. The van der Waals surface area contributed by atoms with E-state index in [1.165, 1.54) is 16.9 Å². The highest BCUT2D eigenvalue weighted by Gasteiger charge is 2.24. The topological polar surface area (TPSA) is 78.5 Å². The molecular formula is C25H30N4O3S. The molecule has 174 valence electrons. The van der Waals surface area contributed by atoms with Crippen LogP contribution >= 0.6 is 11.3 Å². The number of hydrogen-bond donors (Lipinski definition) is 1. The fourth-order valence-electron chi connectivity index (χ4n) is 4.90. The fraction of sp³-hybridized carbons (Fsp3) is 0.480. The van der Waals surface area contributed by atoms with Gasteiger partial charge in [-0.2, -0.15) is 0 Å². The molecular weight excluding hydrogens is 436 g/mol. The second-order valence-electron chi connectivity index (χ2n) is 9.07. The quantitative estimate of drug-likeness (QED) is 0.625. The Labute approximate surface area is 197 Å². The first-order valence-corrected chi connectivity index (χ1v) is 12.5. The minimum absolute atomic E-state index is 0.00754. The van der Waals surface area contributed by atoms with Gasteiger partial charge in [-0.25, -0.2) is 4.98 Å². The molecule has 5 rings (SSSR count). The molecule has 0 unspecified atom stereocenters. The second kappa shape index (κ2) is 9.27. The molecule has 1 amide bonds. The molecule has 7 nitrogen and oxygen atoms in total. The number of para-hydroxylation sites is 1. The van der Waals surface area contributed by atoms with Gasteiger partial charge in [0, 0.05) is 31.1 Å². The van der Waals surface area contributed by atoms with Crippen LogP contribution in [0.15, 0.2) is 23.0 Å². The number of nitrogens with zero attached hydrogens (tertiary/aromatic N) is 3. The van der Waals surface area contributed by atoms with Crippen molar-refractivity contribution in [1.29, 1.82) is 0 Å². The number of ether oxygens (including phenoxy) is 1. The number of nitrogens with one attached hydrogen (secondary N) is 1. The zero-order valence-corrected chi connectivity index (χ0v) is 20.1. The number of H-pyrrole nitrogens is 1. The minimum atomic E-state index is -0.00754. The number of carbonyl (C=O) groups excluding carboxylic acids is 1. The normalized spacial score (nSPS) is 16.7. The van der Waals surface area contributed by atoms with Crippen LogP contribution in [-0.4, -0.2) is 58.5 Å². The second-order valence-corrected chi connectivity index (χ2v) is 10.2. The molecule has 2 aromatic heterocycles. The van der Waals surface area contributed by atoms with Gasteiger partial charge in [0.15, 0.2) is 6.61 Å². The van der Waals surface area contributed by atoms with Crippen molar-refractivity contribution in [3.8, 4) is 5.75 Å². The van der Waals surface area contributed by atoms with Gasteiger partial charge < -0.3 is 14.6 Å². The Morgan fingerprint density at radius 2 is 1.85 bits per heavy atom. The number of rotatable bonds is 5. The lowest BCUT2D eigenvalue weighted by atomic mass is 9.97. The van der Waals surface area contributed by atoms with Gasteiger partial charge in [0.25, 0.3) is 11.5 Å². The summed E-state index contributed by atoms with van der Waals surface area (Å²) in [5, 5.41) is 0.803. The third-order valence-electron chi connectivity index (χ3n) is 6.72. The molecule has 1 N–H and O–H groups in total. The Hall–Kier alpha value is -2.71. The average molecular weight is 467 g/mol. The van der Waals surface area contributed by atoms with E-state index in [0.29, 0.717) is 25.5 Å². The Morgan fingerprint density at radius 1 is 1.12 bits per heavy atom. The van der Waals surface area contributed by atoms with Gasteiger partial charge in [-0.15, -0.1) is 11.3 Å². The monoisotopic (exact) mass is 466 g/mol. The highest BCUT2D eigenvalue weighted by atomic mass is 32.1. The van der Waals surface area contributed by atoms with E-state index in [0.717, 1.165) is 59.4 Å². The Bertz CT molecular complexity index is 1220. The predicted molar refractivity (Wildman–Crippen MR) is 130 cm³/mol. The van der Waals surface area contributed by atoms with E-state index < -0.39 is 0 Å². The number of fused-ring (bicyclic) bond motifs is 3. The van der Waals surface area contributed by atoms with Gasteiger partial charge in [0.2, 0.25) is 0 Å². The van der Waals surface area contributed by atoms with E-state index in [4.69, 9.17) is 9.72 Å². The largest absolute Gasteiger partial charge is 0.483 e. The third-order valence-corrected chi connectivity index (χ3v) is 7.91. The molecule has 0 atom stereocenters. The van der Waals surface area contributed by atoms with Crippen LogP contribution in [0.1, 0.15) is 40.2 Å². The molecule has 1 saturated heterocycles. The van der Waals surface area contributed by atoms with Crippen molar-refractivity contribution in [2.75, 3.05) is 32.8 Å². The summed E-state index contributed by atoms with van der Waals surface area (Å²) in [4.78, 5) is 39.6. The van der Waals surface area contributed by atoms with E-state index in [1.807, 2.05) is 36.9 Å². The molecule has 2 aliphatic rings. The van der Waals surface area contributed by atoms with Crippen molar-refractivity contribution in [2.45, 2.75) is 46.1 Å². The van der Waals surface area contributed by atoms with Crippen LogP contribution in [0.25, 0.3) is 10.2 Å². The lowest BCUT2D eigenvalue weighted by molar-refractivity contribution is -0.135. The number of hydrogen-bond acceptors (Lipinski definition) is 6. The minimum Gasteiger partial charge on any atom is -0.483 e. The molecule has 1 aromatic carbocycles. The summed E-state index contributed by atoms with van der Waals surface area (Å²) >= 11 is 1.68. The van der Waals surface area contributed by atoms with Crippen molar-refractivity contribution in [3.63, 3.8) is 0 Å². The lowest BCUT2D eigenvalue weighted by Crippen LogP contribution is -2.49. The van der Waals surface area contributed by atoms with Gasteiger partial charge in [-0.1, -0.05) is 18.2 Å². The zero-order chi connectivity index (χ0) is 22.9. The maximum Gasteiger partial charge on any atom is 0.260 e. The fourth-order valence-corrected chi connectivity index (χ4v) is 6.18.